The second-order valence-corrected chi connectivity index (χ2v) is 6.96. The predicted molar refractivity (Wildman–Crippen MR) is 84.6 cm³/mol. The number of benzene rings is 1. The summed E-state index contributed by atoms with van der Waals surface area (Å²) in [5.74, 6) is 0.822. The monoisotopic (exact) mass is 286 g/mol. The molecule has 0 amide bonds. The number of morpholine rings is 1. The average molecular weight is 286 g/mol. The Morgan fingerprint density at radius 3 is 2.76 bits per heavy atom. The zero-order valence-corrected chi connectivity index (χ0v) is 12.9. The van der Waals surface area contributed by atoms with Crippen LogP contribution < -0.4 is 5.32 Å². The zero-order valence-electron chi connectivity index (χ0n) is 12.9. The van der Waals surface area contributed by atoms with E-state index in [9.17, 15) is 0 Å². The predicted octanol–water partition coefficient (Wildman–Crippen LogP) is 2.69. The van der Waals surface area contributed by atoms with Gasteiger partial charge in [0.05, 0.1) is 18.8 Å². The molecular weight excluding hydrogens is 260 g/mol. The molecule has 3 aliphatic rings. The molecule has 114 valence electrons. The normalized spacial score (nSPS) is 30.5. The maximum Gasteiger partial charge on any atom is 0.0896 e. The Labute approximate surface area is 127 Å². The highest BCUT2D eigenvalue weighted by molar-refractivity contribution is 5.31. The molecular formula is C18H26N2O. The van der Waals surface area contributed by atoms with Gasteiger partial charge in [-0.25, -0.2) is 0 Å². The fourth-order valence-corrected chi connectivity index (χ4v) is 3.49. The summed E-state index contributed by atoms with van der Waals surface area (Å²) in [6, 6.07) is 10.4. The third-order valence-corrected chi connectivity index (χ3v) is 5.09. The van der Waals surface area contributed by atoms with Crippen LogP contribution in [-0.2, 0) is 4.74 Å². The van der Waals surface area contributed by atoms with E-state index in [0.717, 1.165) is 31.7 Å². The summed E-state index contributed by atoms with van der Waals surface area (Å²) in [5, 5.41) is 3.64. The van der Waals surface area contributed by atoms with Gasteiger partial charge in [-0.15, -0.1) is 0 Å². The van der Waals surface area contributed by atoms with E-state index in [0.29, 0.717) is 6.04 Å². The summed E-state index contributed by atoms with van der Waals surface area (Å²) >= 11 is 0. The van der Waals surface area contributed by atoms with Crippen LogP contribution >= 0.6 is 0 Å². The molecule has 21 heavy (non-hydrogen) atoms. The van der Waals surface area contributed by atoms with Crippen molar-refractivity contribution in [1.82, 2.24) is 10.2 Å². The van der Waals surface area contributed by atoms with Crippen LogP contribution in [0.1, 0.15) is 48.8 Å². The van der Waals surface area contributed by atoms with Crippen LogP contribution in [0.5, 0.6) is 0 Å². The van der Waals surface area contributed by atoms with Gasteiger partial charge < -0.3 is 10.1 Å². The molecule has 3 nitrogen and oxygen atoms in total. The molecule has 0 radical (unpaired) electrons. The summed E-state index contributed by atoms with van der Waals surface area (Å²) < 4.78 is 6.11. The lowest BCUT2D eigenvalue weighted by Gasteiger charge is -2.39. The molecule has 1 heterocycles. The van der Waals surface area contributed by atoms with Crippen molar-refractivity contribution in [1.29, 1.82) is 0 Å². The fraction of sp³-hybridized carbons (Fsp3) is 0.667. The number of nitrogens with zero attached hydrogens (tertiary/aromatic N) is 1. The maximum atomic E-state index is 6.11. The second kappa shape index (κ2) is 5.71. The Morgan fingerprint density at radius 2 is 2.00 bits per heavy atom. The van der Waals surface area contributed by atoms with Crippen molar-refractivity contribution in [3.8, 4) is 0 Å². The highest BCUT2D eigenvalue weighted by Gasteiger charge is 2.33. The van der Waals surface area contributed by atoms with Crippen molar-refractivity contribution in [2.24, 2.45) is 0 Å². The molecule has 3 fully saturated rings. The first-order chi connectivity index (χ1) is 10.3. The molecule has 1 aliphatic heterocycles. The number of hydrogen-bond acceptors (Lipinski definition) is 3. The van der Waals surface area contributed by atoms with Gasteiger partial charge in [-0.2, -0.15) is 0 Å². The molecule has 2 unspecified atom stereocenters. The van der Waals surface area contributed by atoms with E-state index < -0.39 is 0 Å². The summed E-state index contributed by atoms with van der Waals surface area (Å²) in [5.41, 5.74) is 2.96. The Hall–Kier alpha value is -0.900. The number of nitrogens with one attached hydrogen (secondary N) is 1. The van der Waals surface area contributed by atoms with Gasteiger partial charge in [-0.1, -0.05) is 24.3 Å². The standard InChI is InChI=1S/C18H26N2O/c1-20-9-10-21-17(12-19-16-7-8-16)18(20)15-4-2-3-14(11-15)13-5-6-13/h2-4,11,13,16-19H,5-10,12H2,1H3. The quantitative estimate of drug-likeness (QED) is 0.900. The molecule has 2 atom stereocenters. The Kier molecular flexibility index (Phi) is 3.74. The first-order valence-corrected chi connectivity index (χ1v) is 8.46. The topological polar surface area (TPSA) is 24.5 Å². The van der Waals surface area contributed by atoms with Crippen LogP contribution in [-0.4, -0.2) is 43.8 Å². The Morgan fingerprint density at radius 1 is 1.19 bits per heavy atom. The van der Waals surface area contributed by atoms with E-state index in [4.69, 9.17) is 4.74 Å². The fourth-order valence-electron chi connectivity index (χ4n) is 3.49. The van der Waals surface area contributed by atoms with Gasteiger partial charge in [0.15, 0.2) is 0 Å². The van der Waals surface area contributed by atoms with Crippen molar-refractivity contribution in [2.45, 2.75) is 49.8 Å². The van der Waals surface area contributed by atoms with E-state index in [1.54, 1.807) is 0 Å². The van der Waals surface area contributed by atoms with Gasteiger partial charge in [0.1, 0.15) is 0 Å². The van der Waals surface area contributed by atoms with E-state index >= 15 is 0 Å². The molecule has 2 saturated carbocycles. The van der Waals surface area contributed by atoms with Crippen molar-refractivity contribution in [2.75, 3.05) is 26.7 Å². The number of hydrogen-bond donors (Lipinski definition) is 1. The number of ether oxygens (including phenoxy) is 1. The van der Waals surface area contributed by atoms with Gasteiger partial charge in [-0.05, 0) is 49.8 Å². The van der Waals surface area contributed by atoms with Crippen molar-refractivity contribution in [3.63, 3.8) is 0 Å². The molecule has 0 bridgehead atoms. The summed E-state index contributed by atoms with van der Waals surface area (Å²) in [7, 11) is 2.24. The van der Waals surface area contributed by atoms with Gasteiger partial charge in [0, 0.05) is 19.1 Å². The third-order valence-electron chi connectivity index (χ3n) is 5.09. The number of likely N-dealkylation sites (N-methyl/N-ethyl adjacent to an activating group) is 1. The molecule has 1 saturated heterocycles. The largest absolute Gasteiger partial charge is 0.374 e. The lowest BCUT2D eigenvalue weighted by molar-refractivity contribution is -0.0615. The van der Waals surface area contributed by atoms with Gasteiger partial charge in [-0.3, -0.25) is 4.90 Å². The van der Waals surface area contributed by atoms with Crippen LogP contribution in [0.3, 0.4) is 0 Å². The highest BCUT2D eigenvalue weighted by atomic mass is 16.5. The minimum Gasteiger partial charge on any atom is -0.374 e. The Bertz CT molecular complexity index is 496. The minimum atomic E-state index is 0.277. The molecule has 2 aliphatic carbocycles. The van der Waals surface area contributed by atoms with Crippen LogP contribution in [0, 0.1) is 0 Å². The average Bonchev–Trinajstić information content (AvgIpc) is 3.39. The third kappa shape index (κ3) is 3.15. The van der Waals surface area contributed by atoms with E-state index in [-0.39, 0.29) is 6.10 Å². The van der Waals surface area contributed by atoms with Crippen LogP contribution in [0.2, 0.25) is 0 Å². The highest BCUT2D eigenvalue weighted by Crippen LogP contribution is 2.41. The van der Waals surface area contributed by atoms with Gasteiger partial charge in [0.25, 0.3) is 0 Å². The molecule has 1 N–H and O–H groups in total. The SMILES string of the molecule is CN1CCOC(CNC2CC2)C1c1cccc(C2CC2)c1. The van der Waals surface area contributed by atoms with Crippen molar-refractivity contribution >= 4 is 0 Å². The molecule has 3 heteroatoms. The molecule has 4 rings (SSSR count). The van der Waals surface area contributed by atoms with Crippen LogP contribution in [0.4, 0.5) is 0 Å². The summed E-state index contributed by atoms with van der Waals surface area (Å²) in [4.78, 5) is 2.47. The van der Waals surface area contributed by atoms with E-state index in [1.165, 1.54) is 36.8 Å². The molecule has 0 spiro atoms. The summed E-state index contributed by atoms with van der Waals surface area (Å²) in [6.07, 6.45) is 5.69. The first-order valence-electron chi connectivity index (χ1n) is 8.46. The lowest BCUT2D eigenvalue weighted by atomic mass is 9.95. The molecule has 0 aromatic heterocycles. The van der Waals surface area contributed by atoms with E-state index in [1.807, 2.05) is 0 Å². The first kappa shape index (κ1) is 13.7. The maximum absolute atomic E-state index is 6.11. The Balaban J connectivity index is 1.53. The summed E-state index contributed by atoms with van der Waals surface area (Å²) in [6.45, 7) is 2.86. The minimum absolute atomic E-state index is 0.277. The van der Waals surface area contributed by atoms with Crippen LogP contribution in [0.15, 0.2) is 24.3 Å². The smallest absolute Gasteiger partial charge is 0.0896 e. The second-order valence-electron chi connectivity index (χ2n) is 6.96. The number of rotatable bonds is 5. The zero-order chi connectivity index (χ0) is 14.2. The molecule has 1 aromatic rings. The molecule has 1 aromatic carbocycles. The van der Waals surface area contributed by atoms with Crippen molar-refractivity contribution in [3.05, 3.63) is 35.4 Å². The van der Waals surface area contributed by atoms with Crippen molar-refractivity contribution < 1.29 is 4.74 Å². The van der Waals surface area contributed by atoms with Gasteiger partial charge in [0.2, 0.25) is 0 Å². The lowest BCUT2D eigenvalue weighted by Crippen LogP contribution is -2.47. The van der Waals surface area contributed by atoms with Crippen LogP contribution in [0.25, 0.3) is 0 Å². The van der Waals surface area contributed by atoms with E-state index in [2.05, 4.69) is 41.5 Å². The van der Waals surface area contributed by atoms with Gasteiger partial charge >= 0.3 is 0 Å².